The van der Waals surface area contributed by atoms with Gasteiger partial charge in [0.2, 0.25) is 0 Å². The van der Waals surface area contributed by atoms with Crippen LogP contribution in [0.1, 0.15) is 17.2 Å². The molecule has 5 heteroatoms. The van der Waals surface area contributed by atoms with Crippen molar-refractivity contribution in [2.45, 2.75) is 6.10 Å². The van der Waals surface area contributed by atoms with Crippen molar-refractivity contribution in [2.75, 3.05) is 0 Å². The Kier molecular flexibility index (Phi) is 3.23. The lowest BCUT2D eigenvalue weighted by Crippen LogP contribution is -2.11. The molecule has 72 valence electrons. The first-order valence-corrected chi connectivity index (χ1v) is 4.46. The number of benzene rings is 1. The summed E-state index contributed by atoms with van der Waals surface area (Å²) in [4.78, 5) is 10.5. The average molecular weight is 256 g/mol. The van der Waals surface area contributed by atoms with Crippen molar-refractivity contribution in [1.82, 2.24) is 0 Å². The second kappa shape index (κ2) is 4.22. The number of hydrogen-bond acceptors (Lipinski definition) is 3. The Hall–Kier alpha value is -1.38. The molecular weight excluding hydrogens is 250 g/mol. The van der Waals surface area contributed by atoms with Crippen LogP contribution in [0.5, 0.6) is 0 Å². The van der Waals surface area contributed by atoms with Gasteiger partial charge in [0.1, 0.15) is 6.07 Å². The highest BCUT2D eigenvalue weighted by atomic mass is 79.9. The van der Waals surface area contributed by atoms with Gasteiger partial charge in [-0.25, -0.2) is 4.79 Å². The van der Waals surface area contributed by atoms with E-state index < -0.39 is 12.1 Å². The van der Waals surface area contributed by atoms with Crippen molar-refractivity contribution in [2.24, 2.45) is 0 Å². The normalized spacial score (nSPS) is 11.8. The molecule has 0 saturated carbocycles. The number of carboxylic acids is 1. The van der Waals surface area contributed by atoms with Crippen molar-refractivity contribution < 1.29 is 15.0 Å². The van der Waals surface area contributed by atoms with Crippen LogP contribution in [0.4, 0.5) is 0 Å². The molecule has 0 aliphatic carbocycles. The van der Waals surface area contributed by atoms with Gasteiger partial charge in [-0.3, -0.25) is 0 Å². The van der Waals surface area contributed by atoms with Gasteiger partial charge in [-0.2, -0.15) is 5.26 Å². The molecule has 1 unspecified atom stereocenters. The van der Waals surface area contributed by atoms with Gasteiger partial charge in [0, 0.05) is 10.0 Å². The molecule has 0 heterocycles. The molecule has 0 bridgehead atoms. The summed E-state index contributed by atoms with van der Waals surface area (Å²) in [7, 11) is 0. The van der Waals surface area contributed by atoms with E-state index in [1.165, 1.54) is 18.2 Å². The van der Waals surface area contributed by atoms with Gasteiger partial charge < -0.3 is 10.2 Å². The van der Waals surface area contributed by atoms with E-state index in [-0.39, 0.29) is 5.56 Å². The molecule has 1 rings (SSSR count). The Balaban J connectivity index is 3.24. The Labute approximate surface area is 88.5 Å². The zero-order chi connectivity index (χ0) is 10.7. The number of rotatable bonds is 2. The first-order chi connectivity index (χ1) is 6.57. The molecule has 0 aliphatic rings. The van der Waals surface area contributed by atoms with Crippen LogP contribution in [0.15, 0.2) is 22.7 Å². The van der Waals surface area contributed by atoms with Crippen LogP contribution in [0.2, 0.25) is 0 Å². The molecule has 1 aromatic rings. The van der Waals surface area contributed by atoms with Crippen molar-refractivity contribution in [3.8, 4) is 6.07 Å². The molecule has 2 N–H and O–H groups in total. The number of carboxylic acid groups (broad SMARTS) is 1. The predicted molar refractivity (Wildman–Crippen MR) is 51.5 cm³/mol. The second-order valence-corrected chi connectivity index (χ2v) is 3.35. The lowest BCUT2D eigenvalue weighted by atomic mass is 10.1. The largest absolute Gasteiger partial charge is 0.479 e. The summed E-state index contributed by atoms with van der Waals surface area (Å²) < 4.78 is 0.317. The second-order valence-electron chi connectivity index (χ2n) is 2.56. The van der Waals surface area contributed by atoms with Gasteiger partial charge in [-0.1, -0.05) is 12.1 Å². The zero-order valence-electron chi connectivity index (χ0n) is 6.94. The molecule has 14 heavy (non-hydrogen) atoms. The molecular formula is C9H6BrNO3. The van der Waals surface area contributed by atoms with Crippen LogP contribution in [-0.2, 0) is 4.79 Å². The minimum Gasteiger partial charge on any atom is -0.479 e. The summed E-state index contributed by atoms with van der Waals surface area (Å²) in [5.41, 5.74) is 0.472. The van der Waals surface area contributed by atoms with E-state index >= 15 is 0 Å². The van der Waals surface area contributed by atoms with E-state index in [1.807, 2.05) is 6.07 Å². The first kappa shape index (κ1) is 10.7. The maximum atomic E-state index is 10.5. The SMILES string of the molecule is N#Cc1cccc(C(O)C(=O)O)c1Br. The molecule has 1 atom stereocenters. The van der Waals surface area contributed by atoms with Crippen LogP contribution < -0.4 is 0 Å². The van der Waals surface area contributed by atoms with Crippen LogP contribution in [0.3, 0.4) is 0 Å². The van der Waals surface area contributed by atoms with Gasteiger partial charge in [0.15, 0.2) is 6.10 Å². The van der Waals surface area contributed by atoms with E-state index in [1.54, 1.807) is 0 Å². The third-order valence-electron chi connectivity index (χ3n) is 1.68. The number of nitrogens with zero attached hydrogens (tertiary/aromatic N) is 1. The van der Waals surface area contributed by atoms with Gasteiger partial charge >= 0.3 is 5.97 Å². The monoisotopic (exact) mass is 255 g/mol. The molecule has 0 spiro atoms. The quantitative estimate of drug-likeness (QED) is 0.838. The summed E-state index contributed by atoms with van der Waals surface area (Å²) in [6, 6.07) is 6.38. The molecule has 0 amide bonds. The van der Waals surface area contributed by atoms with Crippen molar-refractivity contribution in [1.29, 1.82) is 5.26 Å². The molecule has 0 aromatic heterocycles. The van der Waals surface area contributed by atoms with Crippen molar-refractivity contribution in [3.05, 3.63) is 33.8 Å². The molecule has 0 aliphatic heterocycles. The highest BCUT2D eigenvalue weighted by molar-refractivity contribution is 9.10. The molecule has 0 fully saturated rings. The maximum Gasteiger partial charge on any atom is 0.337 e. The summed E-state index contributed by atoms with van der Waals surface area (Å²) in [6.07, 6.45) is -1.61. The number of nitriles is 1. The Morgan fingerprint density at radius 2 is 2.21 bits per heavy atom. The van der Waals surface area contributed by atoms with Crippen molar-refractivity contribution in [3.63, 3.8) is 0 Å². The Morgan fingerprint density at radius 1 is 1.57 bits per heavy atom. The average Bonchev–Trinajstić information content (AvgIpc) is 2.17. The predicted octanol–water partition coefficient (Wildman–Crippen LogP) is 1.44. The summed E-state index contributed by atoms with van der Waals surface area (Å²) in [6.45, 7) is 0. The summed E-state index contributed by atoms with van der Waals surface area (Å²) >= 11 is 3.06. The third-order valence-corrected chi connectivity index (χ3v) is 2.56. The van der Waals surface area contributed by atoms with Gasteiger partial charge in [0.05, 0.1) is 5.56 Å². The van der Waals surface area contributed by atoms with Crippen molar-refractivity contribution >= 4 is 21.9 Å². The Morgan fingerprint density at radius 3 is 2.71 bits per heavy atom. The van der Waals surface area contributed by atoms with Crippen LogP contribution in [-0.4, -0.2) is 16.2 Å². The number of carbonyl (C=O) groups is 1. The summed E-state index contributed by atoms with van der Waals surface area (Å²) in [5, 5.41) is 26.5. The molecule has 1 aromatic carbocycles. The smallest absolute Gasteiger partial charge is 0.337 e. The van der Waals surface area contributed by atoms with E-state index in [4.69, 9.17) is 10.4 Å². The van der Waals surface area contributed by atoms with E-state index in [0.29, 0.717) is 10.0 Å². The Bertz CT molecular complexity index is 411. The number of halogens is 1. The highest BCUT2D eigenvalue weighted by Crippen LogP contribution is 2.26. The fourth-order valence-corrected chi connectivity index (χ4v) is 1.55. The number of aliphatic hydroxyl groups is 1. The fraction of sp³-hybridized carbons (Fsp3) is 0.111. The van der Waals surface area contributed by atoms with E-state index in [9.17, 15) is 9.90 Å². The van der Waals surface area contributed by atoms with E-state index in [0.717, 1.165) is 0 Å². The van der Waals surface area contributed by atoms with Crippen LogP contribution >= 0.6 is 15.9 Å². The zero-order valence-corrected chi connectivity index (χ0v) is 8.52. The standard InChI is InChI=1S/C9H6BrNO3/c10-7-5(4-11)2-1-3-6(7)8(12)9(13)14/h1-3,8,12H,(H,13,14). The lowest BCUT2D eigenvalue weighted by Gasteiger charge is -2.08. The third kappa shape index (κ3) is 1.92. The van der Waals surface area contributed by atoms with Crippen LogP contribution in [0.25, 0.3) is 0 Å². The molecule has 4 nitrogen and oxygen atoms in total. The van der Waals surface area contributed by atoms with Gasteiger partial charge in [-0.05, 0) is 22.0 Å². The van der Waals surface area contributed by atoms with Gasteiger partial charge in [-0.15, -0.1) is 0 Å². The molecule has 0 radical (unpaired) electrons. The van der Waals surface area contributed by atoms with Gasteiger partial charge in [0.25, 0.3) is 0 Å². The maximum absolute atomic E-state index is 10.5. The fourth-order valence-electron chi connectivity index (χ4n) is 0.980. The summed E-state index contributed by atoms with van der Waals surface area (Å²) in [5.74, 6) is -1.35. The number of aliphatic carboxylic acids is 1. The topological polar surface area (TPSA) is 81.3 Å². The lowest BCUT2D eigenvalue weighted by molar-refractivity contribution is -0.147. The minimum atomic E-state index is -1.61. The number of hydrogen-bond donors (Lipinski definition) is 2. The van der Waals surface area contributed by atoms with Crippen LogP contribution in [0, 0.1) is 11.3 Å². The minimum absolute atomic E-state index is 0.177. The molecule has 0 saturated heterocycles. The first-order valence-electron chi connectivity index (χ1n) is 3.67. The highest BCUT2D eigenvalue weighted by Gasteiger charge is 2.19. The van der Waals surface area contributed by atoms with E-state index in [2.05, 4.69) is 15.9 Å². The number of aliphatic hydroxyl groups excluding tert-OH is 1.